The van der Waals surface area contributed by atoms with Crippen molar-refractivity contribution in [2.45, 2.75) is 46.2 Å². The molecule has 2 heterocycles. The third-order valence-electron chi connectivity index (χ3n) is 10.4. The van der Waals surface area contributed by atoms with Crippen LogP contribution in [0, 0.1) is 5.41 Å². The molecule has 0 radical (unpaired) electrons. The number of anilines is 4. The van der Waals surface area contributed by atoms with E-state index in [4.69, 9.17) is 5.32 Å². The van der Waals surface area contributed by atoms with Crippen molar-refractivity contribution in [1.29, 1.82) is 0 Å². The van der Waals surface area contributed by atoms with Crippen molar-refractivity contribution >= 4 is 39.6 Å². The van der Waals surface area contributed by atoms with Crippen LogP contribution in [0.25, 0.3) is 33.3 Å². The first kappa shape index (κ1) is 32.4. The van der Waals surface area contributed by atoms with Crippen LogP contribution >= 0.6 is 0 Å². The van der Waals surface area contributed by atoms with Crippen LogP contribution in [0.15, 0.2) is 170 Å². The van der Waals surface area contributed by atoms with Crippen LogP contribution < -0.4 is 9.80 Å². The molecule has 3 heteroatoms. The van der Waals surface area contributed by atoms with Crippen molar-refractivity contribution in [1.82, 2.24) is 0 Å². The fourth-order valence-corrected chi connectivity index (χ4v) is 7.49. The Morgan fingerprint density at radius 2 is 1.33 bits per heavy atom. The fraction of sp³-hybridized carbons (Fsp3) is 0.167. The second-order valence-electron chi connectivity index (χ2n) is 15.2. The third-order valence-corrected chi connectivity index (χ3v) is 10.4. The summed E-state index contributed by atoms with van der Waals surface area (Å²) < 4.78 is 0. The normalized spacial score (nSPS) is 16.4. The van der Waals surface area contributed by atoms with Gasteiger partial charge in [0.05, 0.1) is 0 Å². The number of rotatable bonds is 6. The highest BCUT2D eigenvalue weighted by Gasteiger charge is 2.37. The van der Waals surface area contributed by atoms with Crippen LogP contribution in [0.2, 0.25) is 0 Å². The smallest absolute Gasteiger partial charge is 0.0461 e. The summed E-state index contributed by atoms with van der Waals surface area (Å²) >= 11 is 0. The first-order valence-electron chi connectivity index (χ1n) is 17.9. The van der Waals surface area contributed by atoms with Crippen LogP contribution in [-0.2, 0) is 5.41 Å². The summed E-state index contributed by atoms with van der Waals surface area (Å²) in [6.07, 6.45) is 10.7. The van der Waals surface area contributed by atoms with Gasteiger partial charge >= 0.3 is 0 Å². The van der Waals surface area contributed by atoms with E-state index in [1.165, 1.54) is 50.0 Å². The van der Waals surface area contributed by atoms with E-state index in [0.29, 0.717) is 0 Å². The van der Waals surface area contributed by atoms with E-state index in [2.05, 4.69) is 208 Å². The maximum absolute atomic E-state index is 4.99. The molecular formula is C48H44N3-. The quantitative estimate of drug-likeness (QED) is 0.177. The van der Waals surface area contributed by atoms with Gasteiger partial charge in [0, 0.05) is 34.4 Å². The summed E-state index contributed by atoms with van der Waals surface area (Å²) in [5.74, 6) is 0. The van der Waals surface area contributed by atoms with Gasteiger partial charge in [-0.15, -0.1) is 0 Å². The lowest BCUT2D eigenvalue weighted by atomic mass is 9.72. The Morgan fingerprint density at radius 1 is 0.647 bits per heavy atom. The third kappa shape index (κ3) is 6.14. The molecule has 3 nitrogen and oxygen atoms in total. The van der Waals surface area contributed by atoms with Crippen molar-refractivity contribution in [3.63, 3.8) is 0 Å². The molecule has 0 N–H and O–H groups in total. The van der Waals surface area contributed by atoms with Crippen molar-refractivity contribution < 1.29 is 0 Å². The largest absolute Gasteiger partial charge is 0.668 e. The molecule has 0 saturated carbocycles. The van der Waals surface area contributed by atoms with Crippen molar-refractivity contribution in [3.8, 4) is 11.1 Å². The maximum Gasteiger partial charge on any atom is 0.0461 e. The molecule has 252 valence electrons. The molecule has 6 aromatic rings. The van der Waals surface area contributed by atoms with E-state index in [0.717, 1.165) is 16.9 Å². The summed E-state index contributed by atoms with van der Waals surface area (Å²) in [5, 5.41) is 7.46. The predicted octanol–water partition coefficient (Wildman–Crippen LogP) is 13.3. The zero-order valence-electron chi connectivity index (χ0n) is 30.1. The molecule has 0 fully saturated rings. The van der Waals surface area contributed by atoms with Crippen LogP contribution in [0.3, 0.4) is 0 Å². The molecule has 51 heavy (non-hydrogen) atoms. The average molecular weight is 663 g/mol. The van der Waals surface area contributed by atoms with Gasteiger partial charge in [-0.25, -0.2) is 0 Å². The zero-order valence-corrected chi connectivity index (χ0v) is 30.1. The number of fused-ring (bicyclic) bond motifs is 3. The minimum atomic E-state index is -0.175. The Balaban J connectivity index is 1.12. The van der Waals surface area contributed by atoms with Crippen LogP contribution in [-0.4, -0.2) is 6.17 Å². The topological polar surface area (TPSA) is 20.6 Å². The number of nitrogens with zero attached hydrogens (tertiary/aromatic N) is 3. The van der Waals surface area contributed by atoms with Gasteiger partial charge in [-0.3, -0.25) is 0 Å². The summed E-state index contributed by atoms with van der Waals surface area (Å²) in [5.41, 5.74) is 12.1. The van der Waals surface area contributed by atoms with Gasteiger partial charge in [0.2, 0.25) is 0 Å². The van der Waals surface area contributed by atoms with E-state index in [-0.39, 0.29) is 17.0 Å². The van der Waals surface area contributed by atoms with Crippen molar-refractivity contribution in [3.05, 3.63) is 192 Å². The maximum atomic E-state index is 4.99. The lowest BCUT2D eigenvalue weighted by molar-refractivity contribution is 0.511. The predicted molar refractivity (Wildman–Crippen MR) is 218 cm³/mol. The lowest BCUT2D eigenvalue weighted by Gasteiger charge is -2.50. The van der Waals surface area contributed by atoms with Crippen molar-refractivity contribution in [2.24, 2.45) is 5.41 Å². The number of hydrogen-bond acceptors (Lipinski definition) is 2. The van der Waals surface area contributed by atoms with Crippen LogP contribution in [0.4, 0.5) is 22.7 Å². The summed E-state index contributed by atoms with van der Waals surface area (Å²) in [6.45, 7) is 11.5. The Bertz CT molecular complexity index is 2300. The standard InChI is InChI=1S/C48H44N3/c1-47(2,3)39-27-29-49-46(33-39)51-44-18-12-11-17-42(44)48(4,5)43-32-38(24-26-45(43)51)36-21-19-34(20-22-36)28-30-50(40-15-7-6-8-16-40)41-25-23-35-13-9-10-14-37(35)31-41/h6-33,46H,1-5H3/q-1/b30-28+. The molecule has 2 aliphatic heterocycles. The van der Waals surface area contributed by atoms with Gasteiger partial charge in [-0.2, -0.15) is 6.20 Å². The average Bonchev–Trinajstić information content (AvgIpc) is 3.15. The minimum Gasteiger partial charge on any atom is -0.668 e. The Kier molecular flexibility index (Phi) is 8.15. The van der Waals surface area contributed by atoms with E-state index >= 15 is 0 Å². The van der Waals surface area contributed by atoms with E-state index in [9.17, 15) is 0 Å². The molecule has 6 aromatic carbocycles. The van der Waals surface area contributed by atoms with E-state index in [1.807, 2.05) is 6.20 Å². The van der Waals surface area contributed by atoms with Gasteiger partial charge in [-0.1, -0.05) is 144 Å². The second-order valence-corrected chi connectivity index (χ2v) is 15.2. The molecule has 0 aliphatic carbocycles. The van der Waals surface area contributed by atoms with E-state index in [1.54, 1.807) is 0 Å². The summed E-state index contributed by atoms with van der Waals surface area (Å²) in [6, 6.07) is 50.4. The molecular weight excluding hydrogens is 619 g/mol. The van der Waals surface area contributed by atoms with Gasteiger partial charge in [0.1, 0.15) is 0 Å². The number of benzene rings is 6. The minimum absolute atomic E-state index is 0.0452. The fourth-order valence-electron chi connectivity index (χ4n) is 7.49. The molecule has 1 atom stereocenters. The molecule has 0 aromatic heterocycles. The van der Waals surface area contributed by atoms with E-state index < -0.39 is 0 Å². The highest BCUT2D eigenvalue weighted by Crippen LogP contribution is 2.52. The van der Waals surface area contributed by atoms with Gasteiger partial charge < -0.3 is 15.1 Å². The number of allylic oxidation sites excluding steroid dienone is 2. The molecule has 0 saturated heterocycles. The second kappa shape index (κ2) is 12.8. The lowest BCUT2D eigenvalue weighted by Crippen LogP contribution is -2.38. The molecule has 0 bridgehead atoms. The van der Waals surface area contributed by atoms with Crippen LogP contribution in [0.1, 0.15) is 51.3 Å². The zero-order chi connectivity index (χ0) is 35.2. The molecule has 1 unspecified atom stereocenters. The molecule has 8 rings (SSSR count). The van der Waals surface area contributed by atoms with Gasteiger partial charge in [-0.05, 0) is 104 Å². The van der Waals surface area contributed by atoms with Crippen molar-refractivity contribution in [2.75, 3.05) is 9.80 Å². The first-order valence-corrected chi connectivity index (χ1v) is 17.9. The monoisotopic (exact) mass is 662 g/mol. The van der Waals surface area contributed by atoms with Crippen LogP contribution in [0.5, 0.6) is 0 Å². The summed E-state index contributed by atoms with van der Waals surface area (Å²) in [4.78, 5) is 4.68. The first-order chi connectivity index (χ1) is 24.7. The Labute approximate surface area is 302 Å². The number of hydrogen-bond donors (Lipinski definition) is 0. The SMILES string of the molecule is CC(C)(C)C1=CC(N2c3ccccc3C(C)(C)c3cc(-c4ccc(/C=C/N(c5ccccc5)c5ccc6ccccc6c5)cc4)ccc32)[N-]C=C1. The molecule has 0 amide bonds. The van der Waals surface area contributed by atoms with Gasteiger partial charge in [0.25, 0.3) is 0 Å². The molecule has 2 aliphatic rings. The Morgan fingerprint density at radius 3 is 2.12 bits per heavy atom. The Hall–Kier alpha value is -5.80. The highest BCUT2D eigenvalue weighted by molar-refractivity contribution is 5.88. The highest BCUT2D eigenvalue weighted by atomic mass is 15.3. The summed E-state index contributed by atoms with van der Waals surface area (Å²) in [7, 11) is 0. The number of para-hydroxylation sites is 2. The van der Waals surface area contributed by atoms with Gasteiger partial charge in [0.15, 0.2) is 0 Å². The molecule has 0 spiro atoms.